The number of nitrogens with one attached hydrogen (secondary N) is 2. The first-order chi connectivity index (χ1) is 11.2. The predicted molar refractivity (Wildman–Crippen MR) is 91.2 cm³/mol. The first-order valence-electron chi connectivity index (χ1n) is 6.93. The van der Waals surface area contributed by atoms with Crippen molar-refractivity contribution in [1.82, 2.24) is 10.2 Å². The molecule has 5 nitrogen and oxygen atoms in total. The summed E-state index contributed by atoms with van der Waals surface area (Å²) in [4.78, 5) is 12.0. The van der Waals surface area contributed by atoms with Gasteiger partial charge in [0, 0.05) is 16.3 Å². The quantitative estimate of drug-likeness (QED) is 0.757. The molecule has 0 atom stereocenters. The summed E-state index contributed by atoms with van der Waals surface area (Å²) in [5, 5.41) is 14.5. The largest absolute Gasteiger partial charge is 0.339 e. The number of benzene rings is 2. The molecule has 2 N–H and O–H groups in total. The van der Waals surface area contributed by atoms with Gasteiger partial charge < -0.3 is 10.6 Å². The van der Waals surface area contributed by atoms with Gasteiger partial charge in [-0.15, -0.1) is 10.2 Å². The van der Waals surface area contributed by atoms with Gasteiger partial charge in [0.15, 0.2) is 11.6 Å². The Morgan fingerprint density at radius 3 is 2.13 bits per heavy atom. The van der Waals surface area contributed by atoms with E-state index in [1.54, 1.807) is 48.5 Å². The van der Waals surface area contributed by atoms with Gasteiger partial charge in [-0.05, 0) is 48.5 Å². The minimum atomic E-state index is -0.224. The number of nitrogens with zero attached hydrogens (tertiary/aromatic N) is 2. The number of anilines is 3. The molecule has 0 saturated heterocycles. The molecule has 0 saturated carbocycles. The monoisotopic (exact) mass is 324 g/mol. The lowest BCUT2D eigenvalue weighted by Gasteiger charge is -2.07. The molecule has 3 aromatic rings. The first-order valence-corrected chi connectivity index (χ1v) is 7.31. The number of hydrogen-bond acceptors (Lipinski definition) is 4. The molecule has 114 valence electrons. The van der Waals surface area contributed by atoms with Crippen LogP contribution in [-0.4, -0.2) is 16.1 Å². The SMILES string of the molecule is O=C(Nc1ccc(Nc2ccc(Cl)cc2)nn1)c1ccccc1. The summed E-state index contributed by atoms with van der Waals surface area (Å²) >= 11 is 5.84. The molecule has 23 heavy (non-hydrogen) atoms. The van der Waals surface area contributed by atoms with Crippen LogP contribution < -0.4 is 10.6 Å². The molecule has 0 fully saturated rings. The number of carbonyl (C=O) groups is 1. The number of carbonyl (C=O) groups excluding carboxylic acids is 1. The molecular formula is C17H13ClN4O. The zero-order valence-electron chi connectivity index (χ0n) is 12.0. The van der Waals surface area contributed by atoms with Crippen molar-refractivity contribution in [3.63, 3.8) is 0 Å². The van der Waals surface area contributed by atoms with E-state index in [9.17, 15) is 4.79 Å². The molecule has 0 aliphatic carbocycles. The second-order valence-corrected chi connectivity index (χ2v) is 5.19. The van der Waals surface area contributed by atoms with E-state index in [4.69, 9.17) is 11.6 Å². The van der Waals surface area contributed by atoms with Crippen LogP contribution in [0, 0.1) is 0 Å². The van der Waals surface area contributed by atoms with Crippen molar-refractivity contribution in [2.45, 2.75) is 0 Å². The maximum absolute atomic E-state index is 12.0. The van der Waals surface area contributed by atoms with Gasteiger partial charge in [0.2, 0.25) is 0 Å². The van der Waals surface area contributed by atoms with Crippen molar-refractivity contribution < 1.29 is 4.79 Å². The highest BCUT2D eigenvalue weighted by molar-refractivity contribution is 6.30. The Bertz CT molecular complexity index is 789. The molecule has 0 aliphatic heterocycles. The Balaban J connectivity index is 1.65. The average Bonchev–Trinajstić information content (AvgIpc) is 2.59. The molecule has 0 aliphatic rings. The van der Waals surface area contributed by atoms with Gasteiger partial charge in [0.1, 0.15) is 0 Å². The summed E-state index contributed by atoms with van der Waals surface area (Å²) in [7, 11) is 0. The van der Waals surface area contributed by atoms with Gasteiger partial charge in [0.05, 0.1) is 0 Å². The third-order valence-corrected chi connectivity index (χ3v) is 3.31. The first kappa shape index (κ1) is 15.0. The molecule has 0 spiro atoms. The molecule has 0 bridgehead atoms. The maximum Gasteiger partial charge on any atom is 0.256 e. The van der Waals surface area contributed by atoms with E-state index in [0.29, 0.717) is 22.2 Å². The van der Waals surface area contributed by atoms with Crippen molar-refractivity contribution in [2.75, 3.05) is 10.6 Å². The Kier molecular flexibility index (Phi) is 4.49. The van der Waals surface area contributed by atoms with Crippen LogP contribution in [0.5, 0.6) is 0 Å². The highest BCUT2D eigenvalue weighted by atomic mass is 35.5. The number of halogens is 1. The van der Waals surface area contributed by atoms with Crippen LogP contribution >= 0.6 is 11.6 Å². The van der Waals surface area contributed by atoms with Crippen molar-refractivity contribution in [2.24, 2.45) is 0 Å². The fourth-order valence-electron chi connectivity index (χ4n) is 1.92. The number of aromatic nitrogens is 2. The van der Waals surface area contributed by atoms with Gasteiger partial charge in [-0.25, -0.2) is 0 Å². The Labute approximate surface area is 138 Å². The number of amides is 1. The van der Waals surface area contributed by atoms with Crippen molar-refractivity contribution in [1.29, 1.82) is 0 Å². The van der Waals surface area contributed by atoms with Crippen LogP contribution in [-0.2, 0) is 0 Å². The fraction of sp³-hybridized carbons (Fsp3) is 0. The van der Waals surface area contributed by atoms with Gasteiger partial charge in [0.25, 0.3) is 5.91 Å². The summed E-state index contributed by atoms with van der Waals surface area (Å²) in [6.07, 6.45) is 0. The molecule has 0 unspecified atom stereocenters. The number of rotatable bonds is 4. The summed E-state index contributed by atoms with van der Waals surface area (Å²) in [6.45, 7) is 0. The van der Waals surface area contributed by atoms with Crippen LogP contribution in [0.15, 0.2) is 66.7 Å². The van der Waals surface area contributed by atoms with Gasteiger partial charge >= 0.3 is 0 Å². The van der Waals surface area contributed by atoms with E-state index < -0.39 is 0 Å². The molecule has 0 radical (unpaired) electrons. The minimum absolute atomic E-state index is 0.224. The van der Waals surface area contributed by atoms with Gasteiger partial charge in [-0.1, -0.05) is 29.8 Å². The third kappa shape index (κ3) is 4.05. The predicted octanol–water partition coefficient (Wildman–Crippen LogP) is 4.13. The average molecular weight is 325 g/mol. The number of hydrogen-bond donors (Lipinski definition) is 2. The normalized spacial score (nSPS) is 10.1. The van der Waals surface area contributed by atoms with Gasteiger partial charge in [-0.3, -0.25) is 4.79 Å². The molecule has 6 heteroatoms. The highest BCUT2D eigenvalue weighted by Gasteiger charge is 2.06. The standard InChI is InChI=1S/C17H13ClN4O/c18-13-6-8-14(9-7-13)19-15-10-11-16(22-21-15)20-17(23)12-4-2-1-3-5-12/h1-11H,(H,19,21)(H,20,22,23). The van der Waals surface area contributed by atoms with E-state index in [1.807, 2.05) is 18.2 Å². The smallest absolute Gasteiger partial charge is 0.256 e. The minimum Gasteiger partial charge on any atom is -0.339 e. The zero-order valence-corrected chi connectivity index (χ0v) is 12.8. The van der Waals surface area contributed by atoms with Crippen molar-refractivity contribution >= 4 is 34.8 Å². The highest BCUT2D eigenvalue weighted by Crippen LogP contribution is 2.17. The van der Waals surface area contributed by atoms with E-state index >= 15 is 0 Å². The van der Waals surface area contributed by atoms with E-state index in [0.717, 1.165) is 5.69 Å². The van der Waals surface area contributed by atoms with Crippen LogP contribution in [0.2, 0.25) is 5.02 Å². The van der Waals surface area contributed by atoms with Crippen LogP contribution in [0.4, 0.5) is 17.3 Å². The Morgan fingerprint density at radius 2 is 1.48 bits per heavy atom. The van der Waals surface area contributed by atoms with Crippen molar-refractivity contribution in [3.8, 4) is 0 Å². The lowest BCUT2D eigenvalue weighted by atomic mass is 10.2. The maximum atomic E-state index is 12.0. The summed E-state index contributed by atoms with van der Waals surface area (Å²) < 4.78 is 0. The molecule has 2 aromatic carbocycles. The van der Waals surface area contributed by atoms with E-state index in [1.165, 1.54) is 0 Å². The van der Waals surface area contributed by atoms with Crippen LogP contribution in [0.1, 0.15) is 10.4 Å². The second-order valence-electron chi connectivity index (χ2n) is 4.76. The van der Waals surface area contributed by atoms with Gasteiger partial charge in [-0.2, -0.15) is 0 Å². The second kappa shape index (κ2) is 6.89. The molecule has 1 heterocycles. The summed E-state index contributed by atoms with van der Waals surface area (Å²) in [6, 6.07) is 19.6. The lowest BCUT2D eigenvalue weighted by molar-refractivity contribution is 0.102. The third-order valence-electron chi connectivity index (χ3n) is 3.06. The Hall–Kier alpha value is -2.92. The lowest BCUT2D eigenvalue weighted by Crippen LogP contribution is -2.13. The Morgan fingerprint density at radius 1 is 0.826 bits per heavy atom. The summed E-state index contributed by atoms with van der Waals surface area (Å²) in [5.41, 5.74) is 1.42. The fourth-order valence-corrected chi connectivity index (χ4v) is 2.05. The molecule has 1 amide bonds. The van der Waals surface area contributed by atoms with E-state index in [2.05, 4.69) is 20.8 Å². The van der Waals surface area contributed by atoms with Crippen LogP contribution in [0.25, 0.3) is 0 Å². The summed E-state index contributed by atoms with van der Waals surface area (Å²) in [5.74, 6) is 0.740. The molecular weight excluding hydrogens is 312 g/mol. The van der Waals surface area contributed by atoms with Crippen molar-refractivity contribution in [3.05, 3.63) is 77.3 Å². The molecule has 1 aromatic heterocycles. The van der Waals surface area contributed by atoms with Crippen LogP contribution in [0.3, 0.4) is 0 Å². The van der Waals surface area contributed by atoms with E-state index in [-0.39, 0.29) is 5.91 Å². The zero-order chi connectivity index (χ0) is 16.1. The molecule has 3 rings (SSSR count). The topological polar surface area (TPSA) is 66.9 Å².